The molecule has 3 N–H and O–H groups in total. The number of hydrogen-bond donors (Lipinski definition) is 3. The van der Waals surface area contributed by atoms with Crippen molar-refractivity contribution in [2.45, 2.75) is 6.10 Å². The first-order valence-electron chi connectivity index (χ1n) is 7.71. The number of aromatic nitrogens is 4. The second kappa shape index (κ2) is 5.74. The van der Waals surface area contributed by atoms with E-state index in [0.29, 0.717) is 11.3 Å². The van der Waals surface area contributed by atoms with Crippen LogP contribution >= 0.6 is 0 Å². The molecule has 0 fully saturated rings. The van der Waals surface area contributed by atoms with Crippen molar-refractivity contribution in [1.29, 1.82) is 0 Å². The van der Waals surface area contributed by atoms with Crippen molar-refractivity contribution in [2.75, 3.05) is 5.32 Å². The molecule has 1 aliphatic heterocycles. The zero-order valence-corrected chi connectivity index (χ0v) is 13.6. The van der Waals surface area contributed by atoms with E-state index in [1.807, 2.05) is 0 Å². The fraction of sp³-hybridized carbons (Fsp3) is 0.118. The van der Waals surface area contributed by atoms with Gasteiger partial charge in [-0.3, -0.25) is 24.1 Å². The van der Waals surface area contributed by atoms with Gasteiger partial charge in [0.05, 0.1) is 22.5 Å². The Labute approximate surface area is 146 Å². The Morgan fingerprint density at radius 1 is 1.19 bits per heavy atom. The summed E-state index contributed by atoms with van der Waals surface area (Å²) >= 11 is 0. The third-order valence-electron chi connectivity index (χ3n) is 4.25. The molecule has 1 aliphatic rings. The summed E-state index contributed by atoms with van der Waals surface area (Å²) in [6, 6.07) is 6.67. The van der Waals surface area contributed by atoms with Crippen LogP contribution in [0, 0.1) is 0 Å². The molecular weight excluding hydrogens is 338 g/mol. The van der Waals surface area contributed by atoms with Crippen molar-refractivity contribution in [3.8, 4) is 11.3 Å². The average Bonchev–Trinajstić information content (AvgIpc) is 2.76. The van der Waals surface area contributed by atoms with Gasteiger partial charge in [0.2, 0.25) is 0 Å². The predicted molar refractivity (Wildman–Crippen MR) is 91.8 cm³/mol. The number of nitrogens with one attached hydrogen (secondary N) is 2. The average molecular weight is 351 g/mol. The highest BCUT2D eigenvalue weighted by Crippen LogP contribution is 2.31. The summed E-state index contributed by atoms with van der Waals surface area (Å²) in [5, 5.41) is 13.3. The molecule has 1 unspecified atom stereocenters. The number of pyridine rings is 2. The van der Waals surface area contributed by atoms with Gasteiger partial charge in [0.1, 0.15) is 11.9 Å². The van der Waals surface area contributed by atoms with Gasteiger partial charge in [-0.2, -0.15) is 0 Å². The molecule has 0 aromatic carbocycles. The van der Waals surface area contributed by atoms with Gasteiger partial charge in [-0.1, -0.05) is 0 Å². The summed E-state index contributed by atoms with van der Waals surface area (Å²) in [6.45, 7) is 0. The van der Waals surface area contributed by atoms with Crippen LogP contribution in [-0.2, 0) is 7.05 Å². The molecule has 4 rings (SSSR count). The number of aliphatic hydroxyl groups is 1. The molecule has 4 heterocycles. The van der Waals surface area contributed by atoms with Crippen molar-refractivity contribution in [3.05, 3.63) is 74.3 Å². The van der Waals surface area contributed by atoms with Crippen molar-refractivity contribution in [1.82, 2.24) is 19.5 Å². The first-order chi connectivity index (χ1) is 12.5. The van der Waals surface area contributed by atoms with E-state index in [9.17, 15) is 19.5 Å². The topological polar surface area (TPSA) is 130 Å². The van der Waals surface area contributed by atoms with Crippen molar-refractivity contribution >= 4 is 11.7 Å². The van der Waals surface area contributed by atoms with Crippen molar-refractivity contribution in [3.63, 3.8) is 0 Å². The lowest BCUT2D eigenvalue weighted by Gasteiger charge is -2.13. The molecule has 130 valence electrons. The molecule has 9 nitrogen and oxygen atoms in total. The number of anilines is 1. The number of aromatic amines is 1. The molecule has 3 aromatic rings. The van der Waals surface area contributed by atoms with Crippen LogP contribution in [0.5, 0.6) is 0 Å². The maximum absolute atomic E-state index is 12.5. The predicted octanol–water partition coefficient (Wildman–Crippen LogP) is 0.178. The lowest BCUT2D eigenvalue weighted by molar-refractivity contribution is 0.102. The van der Waals surface area contributed by atoms with Gasteiger partial charge < -0.3 is 10.4 Å². The van der Waals surface area contributed by atoms with Crippen LogP contribution in [0.4, 0.5) is 5.82 Å². The SMILES string of the molecule is Cn1c2c(c(=O)[nH]c1=O)C(O)c1nc(-c3cccnc3)ccc1C(=O)N2. The minimum atomic E-state index is -1.48. The van der Waals surface area contributed by atoms with E-state index < -0.39 is 23.3 Å². The summed E-state index contributed by atoms with van der Waals surface area (Å²) in [4.78, 5) is 47.1. The van der Waals surface area contributed by atoms with E-state index in [0.717, 1.165) is 4.57 Å². The Hall–Kier alpha value is -3.59. The first-order valence-corrected chi connectivity index (χ1v) is 7.71. The van der Waals surface area contributed by atoms with E-state index in [-0.39, 0.29) is 22.6 Å². The first kappa shape index (κ1) is 15.9. The van der Waals surface area contributed by atoms with Gasteiger partial charge in [0.25, 0.3) is 11.5 Å². The largest absolute Gasteiger partial charge is 0.382 e. The molecule has 0 bridgehead atoms. The number of carbonyl (C=O) groups is 1. The Morgan fingerprint density at radius 2 is 2.00 bits per heavy atom. The van der Waals surface area contributed by atoms with Crippen LogP contribution in [0.3, 0.4) is 0 Å². The number of carbonyl (C=O) groups excluding carboxylic acids is 1. The minimum absolute atomic E-state index is 0.0340. The summed E-state index contributed by atoms with van der Waals surface area (Å²) < 4.78 is 1.06. The Balaban J connectivity index is 1.97. The van der Waals surface area contributed by atoms with Gasteiger partial charge in [-0.25, -0.2) is 9.78 Å². The van der Waals surface area contributed by atoms with Crippen LogP contribution in [0.15, 0.2) is 46.2 Å². The van der Waals surface area contributed by atoms with Crippen molar-refractivity contribution in [2.24, 2.45) is 7.05 Å². The van der Waals surface area contributed by atoms with Gasteiger partial charge in [0, 0.05) is 25.0 Å². The molecule has 1 amide bonds. The fourth-order valence-corrected chi connectivity index (χ4v) is 2.90. The van der Waals surface area contributed by atoms with Crippen molar-refractivity contribution < 1.29 is 9.90 Å². The highest BCUT2D eigenvalue weighted by atomic mass is 16.3. The molecule has 0 spiro atoms. The quantitative estimate of drug-likeness (QED) is 0.573. The van der Waals surface area contributed by atoms with Crippen LogP contribution < -0.4 is 16.6 Å². The monoisotopic (exact) mass is 351 g/mol. The zero-order valence-electron chi connectivity index (χ0n) is 13.6. The molecule has 0 saturated carbocycles. The number of fused-ring (bicyclic) bond motifs is 2. The molecular formula is C17H13N5O4. The highest BCUT2D eigenvalue weighted by Gasteiger charge is 2.32. The number of aliphatic hydroxyl groups excluding tert-OH is 1. The summed E-state index contributed by atoms with van der Waals surface area (Å²) in [6.07, 6.45) is 1.74. The number of H-pyrrole nitrogens is 1. The number of hydrogen-bond acceptors (Lipinski definition) is 6. The summed E-state index contributed by atoms with van der Waals surface area (Å²) in [7, 11) is 1.38. The zero-order chi connectivity index (χ0) is 18.4. The van der Waals surface area contributed by atoms with Gasteiger partial charge in [-0.15, -0.1) is 0 Å². The van der Waals surface area contributed by atoms with Gasteiger partial charge >= 0.3 is 5.69 Å². The van der Waals surface area contributed by atoms with E-state index in [1.54, 1.807) is 30.6 Å². The Morgan fingerprint density at radius 3 is 2.73 bits per heavy atom. The maximum Gasteiger partial charge on any atom is 0.329 e. The summed E-state index contributed by atoms with van der Waals surface area (Å²) in [5.41, 5.74) is -0.279. The van der Waals surface area contributed by atoms with Gasteiger partial charge in [-0.05, 0) is 24.3 Å². The van der Waals surface area contributed by atoms with E-state index in [1.165, 1.54) is 13.1 Å². The van der Waals surface area contributed by atoms with Crippen LogP contribution in [0.2, 0.25) is 0 Å². The smallest absolute Gasteiger partial charge is 0.329 e. The van der Waals surface area contributed by atoms with Crippen LogP contribution in [-0.4, -0.2) is 30.5 Å². The second-order valence-electron chi connectivity index (χ2n) is 5.81. The fourth-order valence-electron chi connectivity index (χ4n) is 2.90. The van der Waals surface area contributed by atoms with Crippen LogP contribution in [0.25, 0.3) is 11.3 Å². The summed E-state index contributed by atoms with van der Waals surface area (Å²) in [5.74, 6) is -0.624. The third-order valence-corrected chi connectivity index (χ3v) is 4.25. The van der Waals surface area contributed by atoms with E-state index in [4.69, 9.17) is 0 Å². The number of nitrogens with zero attached hydrogens (tertiary/aromatic N) is 3. The third kappa shape index (κ3) is 2.33. The molecule has 26 heavy (non-hydrogen) atoms. The molecule has 0 saturated heterocycles. The van der Waals surface area contributed by atoms with Gasteiger partial charge in [0.15, 0.2) is 0 Å². The lowest BCUT2D eigenvalue weighted by atomic mass is 10.0. The number of rotatable bonds is 1. The highest BCUT2D eigenvalue weighted by molar-refractivity contribution is 6.06. The normalized spacial score (nSPS) is 15.6. The molecule has 1 atom stereocenters. The Bertz CT molecular complexity index is 1150. The lowest BCUT2D eigenvalue weighted by Crippen LogP contribution is -2.34. The molecule has 9 heteroatoms. The minimum Gasteiger partial charge on any atom is -0.382 e. The molecule has 3 aromatic heterocycles. The molecule has 0 radical (unpaired) electrons. The van der Waals surface area contributed by atoms with E-state index in [2.05, 4.69) is 20.3 Å². The maximum atomic E-state index is 12.5. The van der Waals surface area contributed by atoms with Crippen LogP contribution in [0.1, 0.15) is 27.7 Å². The number of amides is 1. The van der Waals surface area contributed by atoms with E-state index >= 15 is 0 Å². The standard InChI is InChI=1S/C17H13N5O4/c1-22-14-11(16(25)21-17(22)26)13(23)12-9(15(24)20-14)4-5-10(19-12)8-3-2-6-18-7-8/h2-7,13,23H,1H3,(H,20,24)(H,21,25,26). The molecule has 0 aliphatic carbocycles. The Kier molecular flexibility index (Phi) is 3.51. The second-order valence-corrected chi connectivity index (χ2v) is 5.81.